The summed E-state index contributed by atoms with van der Waals surface area (Å²) >= 11 is 0. The maximum absolute atomic E-state index is 13.0. The van der Waals surface area contributed by atoms with Crippen LogP contribution in [0, 0.1) is 12.7 Å². The van der Waals surface area contributed by atoms with Gasteiger partial charge in [0, 0.05) is 12.6 Å². The van der Waals surface area contributed by atoms with Gasteiger partial charge in [0.15, 0.2) is 0 Å². The van der Waals surface area contributed by atoms with E-state index in [-0.39, 0.29) is 5.82 Å². The predicted molar refractivity (Wildman–Crippen MR) is 67.4 cm³/mol. The summed E-state index contributed by atoms with van der Waals surface area (Å²) in [5.74, 6) is 1.22. The molecule has 4 nitrogen and oxygen atoms in total. The molecule has 0 amide bonds. The van der Waals surface area contributed by atoms with E-state index in [1.54, 1.807) is 12.1 Å². The molecule has 18 heavy (non-hydrogen) atoms. The molecule has 0 bridgehead atoms. The molecule has 0 aliphatic rings. The topological polar surface area (TPSA) is 47.0 Å². The van der Waals surface area contributed by atoms with Crippen LogP contribution in [0.5, 0.6) is 11.6 Å². The van der Waals surface area contributed by atoms with E-state index >= 15 is 0 Å². The normalized spacial score (nSPS) is 10.2. The SMILES string of the molecule is CCNc1ncnc(Oc2cccc(F)c2)c1C. The fourth-order valence-corrected chi connectivity index (χ4v) is 1.52. The van der Waals surface area contributed by atoms with Crippen molar-refractivity contribution >= 4 is 5.82 Å². The van der Waals surface area contributed by atoms with Gasteiger partial charge >= 0.3 is 0 Å². The molecule has 0 fully saturated rings. The van der Waals surface area contributed by atoms with Gasteiger partial charge in [0.05, 0.1) is 5.56 Å². The smallest absolute Gasteiger partial charge is 0.227 e. The van der Waals surface area contributed by atoms with E-state index in [0.29, 0.717) is 11.6 Å². The van der Waals surface area contributed by atoms with Crippen LogP contribution in [-0.2, 0) is 0 Å². The van der Waals surface area contributed by atoms with Crippen molar-refractivity contribution in [2.45, 2.75) is 13.8 Å². The Balaban J connectivity index is 2.26. The summed E-state index contributed by atoms with van der Waals surface area (Å²) in [6, 6.07) is 5.95. The number of aromatic nitrogens is 2. The number of nitrogens with zero attached hydrogens (tertiary/aromatic N) is 2. The van der Waals surface area contributed by atoms with Gasteiger partial charge in [-0.3, -0.25) is 0 Å². The Bertz CT molecular complexity index is 546. The Morgan fingerprint density at radius 1 is 1.33 bits per heavy atom. The van der Waals surface area contributed by atoms with Crippen molar-refractivity contribution in [3.63, 3.8) is 0 Å². The molecular formula is C13H14FN3O. The number of benzene rings is 1. The number of rotatable bonds is 4. The van der Waals surface area contributed by atoms with E-state index in [1.165, 1.54) is 18.5 Å². The van der Waals surface area contributed by atoms with Crippen LogP contribution in [0.4, 0.5) is 10.2 Å². The molecule has 1 aromatic heterocycles. The zero-order valence-corrected chi connectivity index (χ0v) is 10.3. The number of halogens is 1. The first-order valence-electron chi connectivity index (χ1n) is 5.69. The van der Waals surface area contributed by atoms with Gasteiger partial charge in [-0.2, -0.15) is 0 Å². The zero-order chi connectivity index (χ0) is 13.0. The first kappa shape index (κ1) is 12.3. The first-order chi connectivity index (χ1) is 8.70. The van der Waals surface area contributed by atoms with Crippen molar-refractivity contribution in [2.75, 3.05) is 11.9 Å². The quantitative estimate of drug-likeness (QED) is 0.901. The Hall–Kier alpha value is -2.17. The van der Waals surface area contributed by atoms with Crippen molar-refractivity contribution in [1.82, 2.24) is 9.97 Å². The standard InChI is InChI=1S/C13H14FN3O/c1-3-15-12-9(2)13(17-8-16-12)18-11-6-4-5-10(14)7-11/h4-8H,3H2,1-2H3,(H,15,16,17). The molecule has 2 rings (SSSR count). The zero-order valence-electron chi connectivity index (χ0n) is 10.3. The monoisotopic (exact) mass is 247 g/mol. The molecule has 0 radical (unpaired) electrons. The molecule has 0 saturated carbocycles. The lowest BCUT2D eigenvalue weighted by atomic mass is 10.3. The van der Waals surface area contributed by atoms with Gasteiger partial charge in [0.2, 0.25) is 5.88 Å². The molecule has 0 saturated heterocycles. The third-order valence-electron chi connectivity index (χ3n) is 2.39. The van der Waals surface area contributed by atoms with Gasteiger partial charge in [-0.05, 0) is 26.0 Å². The van der Waals surface area contributed by atoms with Crippen LogP contribution in [-0.4, -0.2) is 16.5 Å². The van der Waals surface area contributed by atoms with Crippen LogP contribution in [0.15, 0.2) is 30.6 Å². The molecule has 1 heterocycles. The second-order valence-corrected chi connectivity index (χ2v) is 3.74. The second kappa shape index (κ2) is 5.44. The maximum atomic E-state index is 13.0. The fourth-order valence-electron chi connectivity index (χ4n) is 1.52. The van der Waals surface area contributed by atoms with E-state index in [2.05, 4.69) is 15.3 Å². The lowest BCUT2D eigenvalue weighted by molar-refractivity contribution is 0.453. The van der Waals surface area contributed by atoms with Crippen molar-refractivity contribution in [2.24, 2.45) is 0 Å². The van der Waals surface area contributed by atoms with Crippen LogP contribution in [0.3, 0.4) is 0 Å². The number of hydrogen-bond donors (Lipinski definition) is 1. The maximum Gasteiger partial charge on any atom is 0.227 e. The molecule has 1 aromatic carbocycles. The largest absolute Gasteiger partial charge is 0.438 e. The Labute approximate surface area is 105 Å². The second-order valence-electron chi connectivity index (χ2n) is 3.74. The lowest BCUT2D eigenvalue weighted by Gasteiger charge is -2.10. The van der Waals surface area contributed by atoms with Crippen molar-refractivity contribution in [1.29, 1.82) is 0 Å². The molecule has 0 spiro atoms. The van der Waals surface area contributed by atoms with Crippen LogP contribution < -0.4 is 10.1 Å². The highest BCUT2D eigenvalue weighted by atomic mass is 19.1. The molecule has 0 atom stereocenters. The molecular weight excluding hydrogens is 233 g/mol. The van der Waals surface area contributed by atoms with Gasteiger partial charge in [-0.25, -0.2) is 14.4 Å². The Kier molecular flexibility index (Phi) is 3.72. The van der Waals surface area contributed by atoms with E-state index in [1.807, 2.05) is 13.8 Å². The molecule has 94 valence electrons. The van der Waals surface area contributed by atoms with E-state index in [9.17, 15) is 4.39 Å². The summed E-state index contributed by atoms with van der Waals surface area (Å²) in [4.78, 5) is 8.16. The average molecular weight is 247 g/mol. The van der Waals surface area contributed by atoms with Gasteiger partial charge in [-0.15, -0.1) is 0 Å². The molecule has 0 aliphatic carbocycles. The number of hydrogen-bond acceptors (Lipinski definition) is 4. The minimum absolute atomic E-state index is 0.342. The van der Waals surface area contributed by atoms with Crippen molar-refractivity contribution in [3.8, 4) is 11.6 Å². The third-order valence-corrected chi connectivity index (χ3v) is 2.39. The molecule has 2 aromatic rings. The minimum atomic E-state index is -0.342. The first-order valence-corrected chi connectivity index (χ1v) is 5.69. The van der Waals surface area contributed by atoms with Gasteiger partial charge < -0.3 is 10.1 Å². The number of anilines is 1. The Morgan fingerprint density at radius 3 is 2.89 bits per heavy atom. The summed E-state index contributed by atoms with van der Waals surface area (Å²) in [6.45, 7) is 4.60. The summed E-state index contributed by atoms with van der Waals surface area (Å²) in [5, 5.41) is 3.11. The van der Waals surface area contributed by atoms with E-state index < -0.39 is 0 Å². The molecule has 0 aliphatic heterocycles. The minimum Gasteiger partial charge on any atom is -0.438 e. The summed E-state index contributed by atoms with van der Waals surface area (Å²) in [6.07, 6.45) is 1.42. The number of nitrogens with one attached hydrogen (secondary N) is 1. The van der Waals surface area contributed by atoms with Crippen LogP contribution in [0.25, 0.3) is 0 Å². The molecule has 1 N–H and O–H groups in total. The summed E-state index contributed by atoms with van der Waals surface area (Å²) < 4.78 is 18.6. The highest BCUT2D eigenvalue weighted by molar-refractivity contribution is 5.48. The van der Waals surface area contributed by atoms with E-state index in [0.717, 1.165) is 17.9 Å². The number of ether oxygens (including phenoxy) is 1. The fraction of sp³-hybridized carbons (Fsp3) is 0.231. The highest BCUT2D eigenvalue weighted by Crippen LogP contribution is 2.26. The van der Waals surface area contributed by atoms with Crippen LogP contribution in [0.1, 0.15) is 12.5 Å². The Morgan fingerprint density at radius 2 is 2.17 bits per heavy atom. The van der Waals surface area contributed by atoms with Crippen molar-refractivity contribution < 1.29 is 9.13 Å². The lowest BCUT2D eigenvalue weighted by Crippen LogP contribution is -2.03. The van der Waals surface area contributed by atoms with Gasteiger partial charge in [-0.1, -0.05) is 6.07 Å². The summed E-state index contributed by atoms with van der Waals surface area (Å²) in [5.41, 5.74) is 0.795. The van der Waals surface area contributed by atoms with Gasteiger partial charge in [0.1, 0.15) is 23.7 Å². The highest BCUT2D eigenvalue weighted by Gasteiger charge is 2.08. The third kappa shape index (κ3) is 2.74. The molecule has 0 unspecified atom stereocenters. The summed E-state index contributed by atoms with van der Waals surface area (Å²) in [7, 11) is 0. The van der Waals surface area contributed by atoms with Crippen LogP contribution in [0.2, 0.25) is 0 Å². The van der Waals surface area contributed by atoms with Crippen LogP contribution >= 0.6 is 0 Å². The molecule has 5 heteroatoms. The van der Waals surface area contributed by atoms with E-state index in [4.69, 9.17) is 4.74 Å². The van der Waals surface area contributed by atoms with Gasteiger partial charge in [0.25, 0.3) is 0 Å². The average Bonchev–Trinajstić information content (AvgIpc) is 2.35. The predicted octanol–water partition coefficient (Wildman–Crippen LogP) is 3.15. The van der Waals surface area contributed by atoms with Crippen molar-refractivity contribution in [3.05, 3.63) is 42.0 Å².